The van der Waals surface area contributed by atoms with Gasteiger partial charge in [0, 0.05) is 27.2 Å². The van der Waals surface area contributed by atoms with Crippen molar-refractivity contribution >= 4 is 41.0 Å². The van der Waals surface area contributed by atoms with Crippen molar-refractivity contribution in [1.82, 2.24) is 19.8 Å². The van der Waals surface area contributed by atoms with Gasteiger partial charge >= 0.3 is 0 Å². The third kappa shape index (κ3) is 5.60. The summed E-state index contributed by atoms with van der Waals surface area (Å²) in [6.07, 6.45) is 0. The van der Waals surface area contributed by atoms with Gasteiger partial charge in [0.25, 0.3) is 0 Å². The molecule has 1 aromatic heterocycles. The van der Waals surface area contributed by atoms with Crippen LogP contribution in [0, 0.1) is 6.92 Å². The zero-order valence-corrected chi connectivity index (χ0v) is 19.0. The lowest BCUT2D eigenvalue weighted by Gasteiger charge is -2.22. The maximum Gasteiger partial charge on any atom is 0.193 e. The number of guanidine groups is 1. The van der Waals surface area contributed by atoms with Gasteiger partial charge in [0.2, 0.25) is 0 Å². The number of nitrogens with one attached hydrogen (secondary N) is 1. The van der Waals surface area contributed by atoms with Crippen LogP contribution in [0.5, 0.6) is 5.75 Å². The third-order valence-electron chi connectivity index (χ3n) is 4.48. The lowest BCUT2D eigenvalue weighted by molar-refractivity contribution is 0.281. The normalized spacial score (nSPS) is 11.2. The first kappa shape index (κ1) is 22.0. The van der Waals surface area contributed by atoms with Gasteiger partial charge in [-0.3, -0.25) is 4.99 Å². The molecule has 2 aromatic carbocycles. The second-order valence-corrected chi connectivity index (χ2v) is 6.36. The second-order valence-electron chi connectivity index (χ2n) is 6.36. The molecule has 6 nitrogen and oxygen atoms in total. The van der Waals surface area contributed by atoms with E-state index < -0.39 is 0 Å². The van der Waals surface area contributed by atoms with E-state index in [1.807, 2.05) is 62.5 Å². The van der Waals surface area contributed by atoms with Gasteiger partial charge in [-0.15, -0.1) is 24.0 Å². The maximum absolute atomic E-state index is 5.76. The molecule has 0 fully saturated rings. The number of fused-ring (bicyclic) bond motifs is 1. The smallest absolute Gasteiger partial charge is 0.193 e. The zero-order chi connectivity index (χ0) is 19.1. The average Bonchev–Trinajstić information content (AvgIpc) is 3.01. The molecular weight excluding hydrogens is 465 g/mol. The van der Waals surface area contributed by atoms with Crippen molar-refractivity contribution in [3.8, 4) is 5.75 Å². The molecule has 0 radical (unpaired) electrons. The summed E-state index contributed by atoms with van der Waals surface area (Å²) < 4.78 is 7.99. The molecule has 0 amide bonds. The number of para-hydroxylation sites is 3. The number of hydrogen-bond donors (Lipinski definition) is 1. The van der Waals surface area contributed by atoms with Crippen molar-refractivity contribution in [1.29, 1.82) is 0 Å². The molecule has 0 aliphatic heterocycles. The largest absolute Gasteiger partial charge is 0.492 e. The van der Waals surface area contributed by atoms with Crippen molar-refractivity contribution in [2.75, 3.05) is 33.8 Å². The first-order chi connectivity index (χ1) is 13.2. The van der Waals surface area contributed by atoms with Gasteiger partial charge in [0.15, 0.2) is 5.96 Å². The van der Waals surface area contributed by atoms with E-state index in [4.69, 9.17) is 4.74 Å². The molecule has 0 saturated carbocycles. The van der Waals surface area contributed by atoms with Crippen molar-refractivity contribution < 1.29 is 4.74 Å². The molecule has 0 atom stereocenters. The molecule has 3 aromatic rings. The van der Waals surface area contributed by atoms with E-state index in [2.05, 4.69) is 30.8 Å². The van der Waals surface area contributed by atoms with Gasteiger partial charge in [-0.2, -0.15) is 0 Å². The van der Waals surface area contributed by atoms with E-state index in [0.717, 1.165) is 48.2 Å². The molecule has 3 rings (SSSR count). The number of benzene rings is 2. The molecule has 1 heterocycles. The molecule has 28 heavy (non-hydrogen) atoms. The molecule has 0 unspecified atom stereocenters. The highest BCUT2D eigenvalue weighted by Gasteiger charge is 2.08. The summed E-state index contributed by atoms with van der Waals surface area (Å²) in [5.74, 6) is 2.77. The Hall–Kier alpha value is -2.29. The Labute approximate surface area is 183 Å². The first-order valence-electron chi connectivity index (χ1n) is 9.20. The fourth-order valence-corrected chi connectivity index (χ4v) is 3.07. The standard InChI is InChI=1S/C21H27N5O.HI/c1-17-24-19-11-7-8-12-20(19)26(17)14-13-23-21(22-2)25(3)15-16-27-18-9-5-4-6-10-18;/h4-12H,13-16H2,1-3H3,(H,22,23);1H. The van der Waals surface area contributed by atoms with Crippen LogP contribution in [-0.4, -0.2) is 54.2 Å². The van der Waals surface area contributed by atoms with Gasteiger partial charge < -0.3 is 19.5 Å². The number of aryl methyl sites for hydroxylation is 1. The lowest BCUT2D eigenvalue weighted by Crippen LogP contribution is -2.42. The van der Waals surface area contributed by atoms with Crippen LogP contribution < -0.4 is 10.1 Å². The summed E-state index contributed by atoms with van der Waals surface area (Å²) in [5.41, 5.74) is 2.20. The predicted molar refractivity (Wildman–Crippen MR) is 126 cm³/mol. The topological polar surface area (TPSA) is 54.7 Å². The van der Waals surface area contributed by atoms with E-state index in [1.165, 1.54) is 0 Å². The van der Waals surface area contributed by atoms with Gasteiger partial charge in [-0.25, -0.2) is 4.98 Å². The molecular formula is C21H28IN5O. The number of hydrogen-bond acceptors (Lipinski definition) is 3. The quantitative estimate of drug-likeness (QED) is 0.311. The molecule has 0 aliphatic carbocycles. The van der Waals surface area contributed by atoms with Crippen LogP contribution in [0.15, 0.2) is 59.6 Å². The van der Waals surface area contributed by atoms with Crippen molar-refractivity contribution in [3.63, 3.8) is 0 Å². The van der Waals surface area contributed by atoms with Crippen molar-refractivity contribution in [3.05, 3.63) is 60.4 Å². The lowest BCUT2D eigenvalue weighted by atomic mass is 10.3. The highest BCUT2D eigenvalue weighted by Crippen LogP contribution is 2.14. The van der Waals surface area contributed by atoms with E-state index >= 15 is 0 Å². The Morgan fingerprint density at radius 1 is 1.14 bits per heavy atom. The van der Waals surface area contributed by atoms with Gasteiger partial charge in [-0.05, 0) is 31.2 Å². The molecule has 0 saturated heterocycles. The summed E-state index contributed by atoms with van der Waals surface area (Å²) in [5, 5.41) is 3.42. The highest BCUT2D eigenvalue weighted by atomic mass is 127. The average molecular weight is 493 g/mol. The van der Waals surface area contributed by atoms with Gasteiger partial charge in [-0.1, -0.05) is 30.3 Å². The van der Waals surface area contributed by atoms with Crippen LogP contribution in [0.3, 0.4) is 0 Å². The maximum atomic E-state index is 5.76. The molecule has 0 bridgehead atoms. The fourth-order valence-electron chi connectivity index (χ4n) is 3.07. The summed E-state index contributed by atoms with van der Waals surface area (Å²) in [4.78, 5) is 11.1. The zero-order valence-electron chi connectivity index (χ0n) is 16.6. The highest BCUT2D eigenvalue weighted by molar-refractivity contribution is 14.0. The van der Waals surface area contributed by atoms with Crippen LogP contribution in [0.1, 0.15) is 5.82 Å². The van der Waals surface area contributed by atoms with E-state index in [0.29, 0.717) is 6.61 Å². The number of likely N-dealkylation sites (N-methyl/N-ethyl adjacent to an activating group) is 1. The van der Waals surface area contributed by atoms with Crippen molar-refractivity contribution in [2.24, 2.45) is 4.99 Å². The number of nitrogens with zero attached hydrogens (tertiary/aromatic N) is 4. The number of aliphatic imine (C=N–C) groups is 1. The summed E-state index contributed by atoms with van der Waals surface area (Å²) in [6.45, 7) is 5.01. The third-order valence-corrected chi connectivity index (χ3v) is 4.48. The Bertz CT molecular complexity index is 894. The summed E-state index contributed by atoms with van der Waals surface area (Å²) >= 11 is 0. The minimum atomic E-state index is 0. The Balaban J connectivity index is 0.00000280. The number of imidazole rings is 1. The number of aromatic nitrogens is 2. The Morgan fingerprint density at radius 3 is 2.61 bits per heavy atom. The fraction of sp³-hybridized carbons (Fsp3) is 0.333. The van der Waals surface area contributed by atoms with Crippen molar-refractivity contribution in [2.45, 2.75) is 13.5 Å². The minimum absolute atomic E-state index is 0. The molecule has 7 heteroatoms. The Morgan fingerprint density at radius 2 is 1.86 bits per heavy atom. The van der Waals surface area contributed by atoms with E-state index in [9.17, 15) is 0 Å². The van der Waals surface area contributed by atoms with Gasteiger partial charge in [0.05, 0.1) is 17.6 Å². The van der Waals surface area contributed by atoms with E-state index in [-0.39, 0.29) is 24.0 Å². The summed E-state index contributed by atoms with van der Waals surface area (Å²) in [7, 11) is 3.82. The molecule has 0 spiro atoms. The van der Waals surface area contributed by atoms with Crippen LogP contribution in [-0.2, 0) is 6.54 Å². The monoisotopic (exact) mass is 493 g/mol. The number of ether oxygens (including phenoxy) is 1. The van der Waals surface area contributed by atoms with Crippen LogP contribution in [0.4, 0.5) is 0 Å². The SMILES string of the molecule is CN=C(NCCn1c(C)nc2ccccc21)N(C)CCOc1ccccc1.I. The Kier molecular flexibility index (Phi) is 8.56. The first-order valence-corrected chi connectivity index (χ1v) is 9.20. The van der Waals surface area contributed by atoms with Crippen LogP contribution in [0.2, 0.25) is 0 Å². The van der Waals surface area contributed by atoms with Crippen LogP contribution >= 0.6 is 24.0 Å². The predicted octanol–water partition coefficient (Wildman–Crippen LogP) is 3.55. The number of rotatable bonds is 7. The molecule has 150 valence electrons. The summed E-state index contributed by atoms with van der Waals surface area (Å²) in [6, 6.07) is 18.1. The molecule has 1 N–H and O–H groups in total. The minimum Gasteiger partial charge on any atom is -0.492 e. The van der Waals surface area contributed by atoms with Gasteiger partial charge in [0.1, 0.15) is 18.2 Å². The van der Waals surface area contributed by atoms with Crippen LogP contribution in [0.25, 0.3) is 11.0 Å². The second kappa shape index (κ2) is 10.9. The molecule has 0 aliphatic rings. The van der Waals surface area contributed by atoms with E-state index in [1.54, 1.807) is 7.05 Å². The number of halogens is 1.